The lowest BCUT2D eigenvalue weighted by atomic mass is 10.0. The van der Waals surface area contributed by atoms with Crippen LogP contribution >= 0.6 is 23.2 Å². The molecule has 0 radical (unpaired) electrons. The molecular formula is C14H18Cl2N4. The molecule has 1 unspecified atom stereocenters. The van der Waals surface area contributed by atoms with Gasteiger partial charge in [0.15, 0.2) is 0 Å². The number of benzene rings is 1. The smallest absolute Gasteiger partial charge is 0.0538 e. The van der Waals surface area contributed by atoms with Crippen molar-refractivity contribution in [2.24, 2.45) is 5.84 Å². The van der Waals surface area contributed by atoms with Crippen LogP contribution in [0.25, 0.3) is 0 Å². The predicted octanol–water partition coefficient (Wildman–Crippen LogP) is 3.35. The normalized spacial score (nSPS) is 12.6. The molecule has 0 aliphatic rings. The number of aromatic nitrogens is 2. The molecule has 3 N–H and O–H groups in total. The minimum absolute atomic E-state index is 0.0284. The molecule has 6 heteroatoms. The average Bonchev–Trinajstić information content (AvgIpc) is 2.87. The van der Waals surface area contributed by atoms with Crippen molar-refractivity contribution in [1.29, 1.82) is 0 Å². The minimum atomic E-state index is -0.0284. The molecule has 0 saturated heterocycles. The van der Waals surface area contributed by atoms with Crippen LogP contribution in [0.15, 0.2) is 30.6 Å². The van der Waals surface area contributed by atoms with Crippen LogP contribution in [-0.4, -0.2) is 9.78 Å². The summed E-state index contributed by atoms with van der Waals surface area (Å²) in [4.78, 5) is 0. The first-order valence-corrected chi connectivity index (χ1v) is 7.32. The van der Waals surface area contributed by atoms with Gasteiger partial charge in [-0.3, -0.25) is 16.0 Å². The van der Waals surface area contributed by atoms with Crippen molar-refractivity contribution in [3.05, 3.63) is 51.8 Å². The zero-order valence-electron chi connectivity index (χ0n) is 11.3. The maximum absolute atomic E-state index is 6.20. The summed E-state index contributed by atoms with van der Waals surface area (Å²) in [6, 6.07) is 5.47. The summed E-state index contributed by atoms with van der Waals surface area (Å²) in [5.74, 6) is 5.66. The summed E-state index contributed by atoms with van der Waals surface area (Å²) in [6.07, 6.45) is 5.58. The quantitative estimate of drug-likeness (QED) is 0.635. The maximum Gasteiger partial charge on any atom is 0.0538 e. The molecule has 0 aliphatic carbocycles. The molecular weight excluding hydrogens is 295 g/mol. The number of nitrogens with zero attached hydrogens (tertiary/aromatic N) is 2. The average molecular weight is 313 g/mol. The van der Waals surface area contributed by atoms with E-state index in [2.05, 4.69) is 17.4 Å². The number of hydrogen-bond acceptors (Lipinski definition) is 3. The van der Waals surface area contributed by atoms with Crippen molar-refractivity contribution < 1.29 is 0 Å². The molecule has 0 spiro atoms. The van der Waals surface area contributed by atoms with E-state index in [1.165, 1.54) is 0 Å². The Morgan fingerprint density at radius 2 is 2.20 bits per heavy atom. The SMILES string of the molecule is CCCn1cc(C(Cc2ccc(Cl)cc2Cl)NN)cn1. The fourth-order valence-electron chi connectivity index (χ4n) is 2.09. The molecule has 2 rings (SSSR count). The molecule has 1 heterocycles. The number of hydrogen-bond donors (Lipinski definition) is 2. The van der Waals surface area contributed by atoms with Crippen molar-refractivity contribution in [3.8, 4) is 0 Å². The third-order valence-electron chi connectivity index (χ3n) is 3.15. The molecule has 1 aromatic carbocycles. The highest BCUT2D eigenvalue weighted by Gasteiger charge is 2.14. The fraction of sp³-hybridized carbons (Fsp3) is 0.357. The monoisotopic (exact) mass is 312 g/mol. The lowest BCUT2D eigenvalue weighted by Gasteiger charge is -2.15. The highest BCUT2D eigenvalue weighted by Crippen LogP contribution is 2.25. The Morgan fingerprint density at radius 1 is 1.40 bits per heavy atom. The summed E-state index contributed by atoms with van der Waals surface area (Å²) in [6.45, 7) is 3.02. The summed E-state index contributed by atoms with van der Waals surface area (Å²) >= 11 is 12.1. The fourth-order valence-corrected chi connectivity index (χ4v) is 2.58. The molecule has 0 amide bonds. The summed E-state index contributed by atoms with van der Waals surface area (Å²) in [5, 5.41) is 5.60. The Kier molecular flexibility index (Phi) is 5.43. The Labute approximate surface area is 128 Å². The Balaban J connectivity index is 2.15. The van der Waals surface area contributed by atoms with Gasteiger partial charge in [-0.1, -0.05) is 36.2 Å². The summed E-state index contributed by atoms with van der Waals surface area (Å²) < 4.78 is 1.92. The van der Waals surface area contributed by atoms with Crippen molar-refractivity contribution >= 4 is 23.2 Å². The lowest BCUT2D eigenvalue weighted by molar-refractivity contribution is 0.549. The first-order chi connectivity index (χ1) is 9.63. The molecule has 0 aliphatic heterocycles. The van der Waals surface area contributed by atoms with E-state index in [0.29, 0.717) is 16.5 Å². The zero-order valence-corrected chi connectivity index (χ0v) is 12.8. The molecule has 1 atom stereocenters. The number of nitrogens with one attached hydrogen (secondary N) is 1. The lowest BCUT2D eigenvalue weighted by Crippen LogP contribution is -2.29. The number of nitrogens with two attached hydrogens (primary N) is 1. The van der Waals surface area contributed by atoms with Crippen LogP contribution in [0.5, 0.6) is 0 Å². The van der Waals surface area contributed by atoms with Crippen molar-refractivity contribution in [1.82, 2.24) is 15.2 Å². The standard InChI is InChI=1S/C14H18Cl2N4/c1-2-5-20-9-11(8-18-20)14(19-17)6-10-3-4-12(15)7-13(10)16/h3-4,7-9,14,19H,2,5-6,17H2,1H3. The number of halogens is 2. The van der Waals surface area contributed by atoms with Crippen LogP contribution < -0.4 is 11.3 Å². The van der Waals surface area contributed by atoms with Crippen LogP contribution in [0.1, 0.15) is 30.5 Å². The molecule has 2 aromatic rings. The van der Waals surface area contributed by atoms with E-state index < -0.39 is 0 Å². The first-order valence-electron chi connectivity index (χ1n) is 6.56. The van der Waals surface area contributed by atoms with Crippen molar-refractivity contribution in [2.45, 2.75) is 32.4 Å². The van der Waals surface area contributed by atoms with Gasteiger partial charge in [0.25, 0.3) is 0 Å². The number of rotatable bonds is 6. The number of hydrazine groups is 1. The van der Waals surface area contributed by atoms with E-state index in [0.717, 1.165) is 24.1 Å². The topological polar surface area (TPSA) is 55.9 Å². The molecule has 4 nitrogen and oxygen atoms in total. The first kappa shape index (κ1) is 15.3. The maximum atomic E-state index is 6.20. The van der Waals surface area contributed by atoms with Crippen molar-refractivity contribution in [2.75, 3.05) is 0 Å². The van der Waals surface area contributed by atoms with E-state index in [9.17, 15) is 0 Å². The highest BCUT2D eigenvalue weighted by atomic mass is 35.5. The second kappa shape index (κ2) is 7.09. The van der Waals surface area contributed by atoms with Gasteiger partial charge in [-0.25, -0.2) is 0 Å². The van der Waals surface area contributed by atoms with Crippen LogP contribution in [-0.2, 0) is 13.0 Å². The van der Waals surface area contributed by atoms with Gasteiger partial charge in [0.05, 0.1) is 12.2 Å². The Hall–Kier alpha value is -1.07. The third kappa shape index (κ3) is 3.73. The van der Waals surface area contributed by atoms with E-state index in [-0.39, 0.29) is 6.04 Å². The van der Waals surface area contributed by atoms with Gasteiger partial charge >= 0.3 is 0 Å². The second-order valence-corrected chi connectivity index (χ2v) is 5.54. The van der Waals surface area contributed by atoms with E-state index in [4.69, 9.17) is 29.0 Å². The van der Waals surface area contributed by atoms with Gasteiger partial charge in [0.2, 0.25) is 0 Å². The minimum Gasteiger partial charge on any atom is -0.272 e. The zero-order chi connectivity index (χ0) is 14.5. The molecule has 0 saturated carbocycles. The second-order valence-electron chi connectivity index (χ2n) is 4.70. The van der Waals surface area contributed by atoms with Gasteiger partial charge in [0.1, 0.15) is 0 Å². The Morgan fingerprint density at radius 3 is 2.85 bits per heavy atom. The summed E-state index contributed by atoms with van der Waals surface area (Å²) in [5.41, 5.74) is 4.87. The Bertz CT molecular complexity index is 568. The van der Waals surface area contributed by atoms with E-state index in [1.54, 1.807) is 6.07 Å². The number of aryl methyl sites for hydroxylation is 1. The van der Waals surface area contributed by atoms with Gasteiger partial charge < -0.3 is 0 Å². The van der Waals surface area contributed by atoms with Gasteiger partial charge in [-0.15, -0.1) is 0 Å². The third-order valence-corrected chi connectivity index (χ3v) is 3.74. The molecule has 0 fully saturated rings. The van der Waals surface area contributed by atoms with Crippen molar-refractivity contribution in [3.63, 3.8) is 0 Å². The van der Waals surface area contributed by atoms with Gasteiger partial charge in [-0.2, -0.15) is 5.10 Å². The highest BCUT2D eigenvalue weighted by molar-refractivity contribution is 6.35. The van der Waals surface area contributed by atoms with Crippen LogP contribution in [0, 0.1) is 0 Å². The molecule has 20 heavy (non-hydrogen) atoms. The predicted molar refractivity (Wildman–Crippen MR) is 82.7 cm³/mol. The molecule has 0 bridgehead atoms. The van der Waals surface area contributed by atoms with E-state index >= 15 is 0 Å². The largest absolute Gasteiger partial charge is 0.272 e. The molecule has 108 valence electrons. The van der Waals surface area contributed by atoms with E-state index in [1.807, 2.05) is 29.2 Å². The van der Waals surface area contributed by atoms with Crippen LogP contribution in [0.4, 0.5) is 0 Å². The molecule has 1 aromatic heterocycles. The van der Waals surface area contributed by atoms with Gasteiger partial charge in [0, 0.05) is 28.4 Å². The van der Waals surface area contributed by atoms with Gasteiger partial charge in [-0.05, 0) is 30.5 Å². The van der Waals surface area contributed by atoms with Crippen LogP contribution in [0.3, 0.4) is 0 Å². The van der Waals surface area contributed by atoms with Crippen LogP contribution in [0.2, 0.25) is 10.0 Å². The summed E-state index contributed by atoms with van der Waals surface area (Å²) in [7, 11) is 0.